The van der Waals surface area contributed by atoms with Gasteiger partial charge in [0.25, 0.3) is 0 Å². The van der Waals surface area contributed by atoms with E-state index in [1.54, 1.807) is 0 Å². The van der Waals surface area contributed by atoms with Crippen molar-refractivity contribution in [2.75, 3.05) is 18.1 Å². The molecular formula is C26H31N3O. The van der Waals surface area contributed by atoms with Gasteiger partial charge in [-0.3, -0.25) is 4.57 Å². The predicted octanol–water partition coefficient (Wildman–Crippen LogP) is 6.00. The van der Waals surface area contributed by atoms with Gasteiger partial charge in [-0.15, -0.1) is 0 Å². The summed E-state index contributed by atoms with van der Waals surface area (Å²) in [6, 6.07) is 11.7. The average Bonchev–Trinajstić information content (AvgIpc) is 3.22. The zero-order valence-electron chi connectivity index (χ0n) is 18.3. The molecule has 156 valence electrons. The fourth-order valence-electron chi connectivity index (χ4n) is 5.45. The number of aromatic nitrogens is 2. The second-order valence-electron chi connectivity index (χ2n) is 8.86. The van der Waals surface area contributed by atoms with Gasteiger partial charge in [0.05, 0.1) is 23.5 Å². The van der Waals surface area contributed by atoms with Crippen LogP contribution < -0.4 is 9.64 Å². The van der Waals surface area contributed by atoms with Gasteiger partial charge >= 0.3 is 0 Å². The Hall–Kier alpha value is -2.75. The SMILES string of the molecule is Cc1cc(C)c(-n2ccnc2-c2cccc3c2OCCN3C2CCCCC2)c(C)c1. The smallest absolute Gasteiger partial charge is 0.153 e. The summed E-state index contributed by atoms with van der Waals surface area (Å²) in [5.74, 6) is 1.94. The lowest BCUT2D eigenvalue weighted by Crippen LogP contribution is -2.42. The summed E-state index contributed by atoms with van der Waals surface area (Å²) in [7, 11) is 0. The maximum Gasteiger partial charge on any atom is 0.153 e. The largest absolute Gasteiger partial charge is 0.489 e. The van der Waals surface area contributed by atoms with Crippen LogP contribution in [0.4, 0.5) is 5.69 Å². The van der Waals surface area contributed by atoms with Crippen molar-refractivity contribution >= 4 is 5.69 Å². The van der Waals surface area contributed by atoms with E-state index < -0.39 is 0 Å². The molecule has 0 spiro atoms. The van der Waals surface area contributed by atoms with Gasteiger partial charge in [0, 0.05) is 18.4 Å². The summed E-state index contributed by atoms with van der Waals surface area (Å²) in [6.45, 7) is 8.23. The van der Waals surface area contributed by atoms with E-state index in [1.807, 2.05) is 6.20 Å². The molecule has 4 nitrogen and oxygen atoms in total. The van der Waals surface area contributed by atoms with E-state index in [2.05, 4.69) is 66.8 Å². The summed E-state index contributed by atoms with van der Waals surface area (Å²) >= 11 is 0. The Balaban J connectivity index is 1.60. The lowest BCUT2D eigenvalue weighted by atomic mass is 9.93. The van der Waals surface area contributed by atoms with E-state index in [0.717, 1.165) is 30.3 Å². The standard InChI is InChI=1S/C26H31N3O/c1-18-16-19(2)24(20(3)17-18)29-13-12-27-26(29)22-10-7-11-23-25(22)30-15-14-28(23)21-8-5-4-6-9-21/h7,10-13,16-17,21H,4-6,8-9,14-15H2,1-3H3. The van der Waals surface area contributed by atoms with Crippen LogP contribution in [0.15, 0.2) is 42.7 Å². The summed E-state index contributed by atoms with van der Waals surface area (Å²) in [5, 5.41) is 0. The molecule has 4 heteroatoms. The average molecular weight is 402 g/mol. The Bertz CT molecular complexity index is 1040. The molecule has 1 aliphatic carbocycles. The zero-order chi connectivity index (χ0) is 20.7. The van der Waals surface area contributed by atoms with Gasteiger partial charge in [-0.05, 0) is 56.9 Å². The molecule has 0 N–H and O–H groups in total. The summed E-state index contributed by atoms with van der Waals surface area (Å²) in [4.78, 5) is 7.37. The monoisotopic (exact) mass is 401 g/mol. The zero-order valence-corrected chi connectivity index (χ0v) is 18.3. The van der Waals surface area contributed by atoms with Crippen LogP contribution in [0.3, 0.4) is 0 Å². The number of nitrogens with zero attached hydrogens (tertiary/aromatic N) is 3. The van der Waals surface area contributed by atoms with E-state index >= 15 is 0 Å². The van der Waals surface area contributed by atoms with Crippen LogP contribution in [-0.4, -0.2) is 28.7 Å². The quantitative estimate of drug-likeness (QED) is 0.539. The summed E-state index contributed by atoms with van der Waals surface area (Å²) < 4.78 is 8.50. The number of imidazole rings is 1. The van der Waals surface area contributed by atoms with Gasteiger partial charge in [-0.2, -0.15) is 0 Å². The van der Waals surface area contributed by atoms with Gasteiger partial charge in [0.15, 0.2) is 5.75 Å². The second-order valence-corrected chi connectivity index (χ2v) is 8.86. The van der Waals surface area contributed by atoms with Crippen molar-refractivity contribution < 1.29 is 4.74 Å². The molecule has 2 heterocycles. The van der Waals surface area contributed by atoms with Crippen LogP contribution in [0.5, 0.6) is 5.75 Å². The van der Waals surface area contributed by atoms with Crippen molar-refractivity contribution in [1.29, 1.82) is 0 Å². The van der Waals surface area contributed by atoms with E-state index in [-0.39, 0.29) is 0 Å². The maximum absolute atomic E-state index is 6.27. The molecular weight excluding hydrogens is 370 g/mol. The maximum atomic E-state index is 6.27. The Labute approximate surface area is 179 Å². The van der Waals surface area contributed by atoms with Crippen LogP contribution in [0.25, 0.3) is 17.1 Å². The molecule has 30 heavy (non-hydrogen) atoms. The van der Waals surface area contributed by atoms with Crippen molar-refractivity contribution in [2.24, 2.45) is 0 Å². The molecule has 0 bridgehead atoms. The van der Waals surface area contributed by atoms with E-state index in [9.17, 15) is 0 Å². The number of hydrogen-bond donors (Lipinski definition) is 0. The molecule has 1 fully saturated rings. The lowest BCUT2D eigenvalue weighted by Gasteiger charge is -2.40. The Kier molecular flexibility index (Phi) is 5.01. The number of benzene rings is 2. The van der Waals surface area contributed by atoms with Gasteiger partial charge in [0.1, 0.15) is 12.4 Å². The number of para-hydroxylation sites is 1. The third-order valence-corrected chi connectivity index (χ3v) is 6.66. The molecule has 0 radical (unpaired) electrons. The highest BCUT2D eigenvalue weighted by molar-refractivity contribution is 5.77. The molecule has 0 atom stereocenters. The minimum absolute atomic E-state index is 0.637. The van der Waals surface area contributed by atoms with E-state index in [4.69, 9.17) is 9.72 Å². The second kappa shape index (κ2) is 7.82. The van der Waals surface area contributed by atoms with E-state index in [1.165, 1.54) is 60.2 Å². The molecule has 3 aromatic rings. The van der Waals surface area contributed by atoms with Crippen LogP contribution in [0, 0.1) is 20.8 Å². The first kappa shape index (κ1) is 19.2. The van der Waals surface area contributed by atoms with Crippen molar-refractivity contribution in [1.82, 2.24) is 9.55 Å². The third-order valence-electron chi connectivity index (χ3n) is 6.66. The molecule has 0 amide bonds. The summed E-state index contributed by atoms with van der Waals surface area (Å²) in [6.07, 6.45) is 10.6. The molecule has 1 saturated carbocycles. The number of rotatable bonds is 3. The Morgan fingerprint density at radius 2 is 1.77 bits per heavy atom. The highest BCUT2D eigenvalue weighted by Gasteiger charge is 2.29. The van der Waals surface area contributed by atoms with Crippen LogP contribution in [0.1, 0.15) is 48.8 Å². The van der Waals surface area contributed by atoms with Crippen LogP contribution in [-0.2, 0) is 0 Å². The number of anilines is 1. The van der Waals surface area contributed by atoms with Crippen molar-refractivity contribution in [2.45, 2.75) is 58.9 Å². The molecule has 1 aliphatic heterocycles. The van der Waals surface area contributed by atoms with Crippen molar-refractivity contribution in [3.63, 3.8) is 0 Å². The topological polar surface area (TPSA) is 30.3 Å². The van der Waals surface area contributed by atoms with Crippen molar-refractivity contribution in [3.05, 3.63) is 59.4 Å². The van der Waals surface area contributed by atoms with Crippen LogP contribution >= 0.6 is 0 Å². The molecule has 2 aromatic carbocycles. The minimum Gasteiger partial charge on any atom is -0.489 e. The normalized spacial score (nSPS) is 17.0. The van der Waals surface area contributed by atoms with Gasteiger partial charge in [-0.1, -0.05) is 43.0 Å². The number of aryl methyl sites for hydroxylation is 3. The molecule has 1 aromatic heterocycles. The van der Waals surface area contributed by atoms with Crippen molar-refractivity contribution in [3.8, 4) is 22.8 Å². The van der Waals surface area contributed by atoms with Gasteiger partial charge < -0.3 is 9.64 Å². The predicted molar refractivity (Wildman–Crippen MR) is 123 cm³/mol. The number of ether oxygens (including phenoxy) is 1. The molecule has 2 aliphatic rings. The highest BCUT2D eigenvalue weighted by Crippen LogP contribution is 2.43. The Morgan fingerprint density at radius 3 is 2.53 bits per heavy atom. The third kappa shape index (κ3) is 3.28. The Morgan fingerprint density at radius 1 is 1.00 bits per heavy atom. The number of fused-ring (bicyclic) bond motifs is 1. The fourth-order valence-corrected chi connectivity index (χ4v) is 5.45. The first-order valence-corrected chi connectivity index (χ1v) is 11.3. The van der Waals surface area contributed by atoms with E-state index in [0.29, 0.717) is 6.04 Å². The molecule has 0 saturated heterocycles. The number of hydrogen-bond acceptors (Lipinski definition) is 3. The van der Waals surface area contributed by atoms with Gasteiger partial charge in [0.2, 0.25) is 0 Å². The highest BCUT2D eigenvalue weighted by atomic mass is 16.5. The fraction of sp³-hybridized carbons (Fsp3) is 0.423. The lowest BCUT2D eigenvalue weighted by molar-refractivity contribution is 0.289. The first-order valence-electron chi connectivity index (χ1n) is 11.3. The molecule has 5 rings (SSSR count). The summed E-state index contributed by atoms with van der Waals surface area (Å²) in [5.41, 5.74) is 7.35. The molecule has 0 unspecified atom stereocenters. The first-order chi connectivity index (χ1) is 14.6. The van der Waals surface area contributed by atoms with Crippen LogP contribution in [0.2, 0.25) is 0 Å². The minimum atomic E-state index is 0.637. The van der Waals surface area contributed by atoms with Gasteiger partial charge in [-0.25, -0.2) is 4.98 Å².